The van der Waals surface area contributed by atoms with Crippen LogP contribution in [0.3, 0.4) is 0 Å². The molecule has 1 atom stereocenters. The molecule has 0 amide bonds. The van der Waals surface area contributed by atoms with Gasteiger partial charge in [0.25, 0.3) is 5.56 Å². The predicted molar refractivity (Wildman–Crippen MR) is 92.5 cm³/mol. The highest BCUT2D eigenvalue weighted by Gasteiger charge is 2.16. The van der Waals surface area contributed by atoms with Gasteiger partial charge in [0.05, 0.1) is 38.2 Å². The van der Waals surface area contributed by atoms with Gasteiger partial charge in [0.2, 0.25) is 0 Å². The lowest BCUT2D eigenvalue weighted by Crippen LogP contribution is -2.36. The molecule has 1 aromatic heterocycles. The van der Waals surface area contributed by atoms with Crippen molar-refractivity contribution >= 4 is 5.69 Å². The van der Waals surface area contributed by atoms with Crippen molar-refractivity contribution in [1.29, 1.82) is 0 Å². The first-order valence-electron chi connectivity index (χ1n) is 8.24. The lowest BCUT2D eigenvalue weighted by atomic mass is 10.1. The van der Waals surface area contributed by atoms with Gasteiger partial charge in [-0.1, -0.05) is 30.3 Å². The maximum absolute atomic E-state index is 12.3. The number of aromatic nitrogens is 2. The van der Waals surface area contributed by atoms with E-state index < -0.39 is 0 Å². The Morgan fingerprint density at radius 2 is 2.12 bits per heavy atom. The SMILES string of the molecule is CN(CCc1ccccc1)c1cnn(C[C@H]2COCCO2)c(=O)c1. The van der Waals surface area contributed by atoms with Crippen molar-refractivity contribution in [1.82, 2.24) is 9.78 Å². The zero-order valence-electron chi connectivity index (χ0n) is 13.9. The topological polar surface area (TPSA) is 56.6 Å². The minimum Gasteiger partial charge on any atom is -0.376 e. The molecular weight excluding hydrogens is 306 g/mol. The van der Waals surface area contributed by atoms with E-state index in [1.54, 1.807) is 12.3 Å². The summed E-state index contributed by atoms with van der Waals surface area (Å²) in [5.41, 5.74) is 1.99. The van der Waals surface area contributed by atoms with Crippen LogP contribution in [0.5, 0.6) is 0 Å². The van der Waals surface area contributed by atoms with Gasteiger partial charge in [-0.2, -0.15) is 5.10 Å². The normalized spacial score (nSPS) is 17.6. The fourth-order valence-corrected chi connectivity index (χ4v) is 2.68. The molecule has 6 nitrogen and oxygen atoms in total. The molecule has 2 heterocycles. The van der Waals surface area contributed by atoms with E-state index in [-0.39, 0.29) is 11.7 Å². The second-order valence-electron chi connectivity index (χ2n) is 5.96. The molecule has 0 aliphatic carbocycles. The zero-order valence-corrected chi connectivity index (χ0v) is 13.9. The van der Waals surface area contributed by atoms with Gasteiger partial charge < -0.3 is 14.4 Å². The molecule has 0 unspecified atom stereocenters. The highest BCUT2D eigenvalue weighted by molar-refractivity contribution is 5.42. The van der Waals surface area contributed by atoms with E-state index in [2.05, 4.69) is 17.2 Å². The van der Waals surface area contributed by atoms with Crippen molar-refractivity contribution in [2.75, 3.05) is 38.3 Å². The Labute approximate surface area is 141 Å². The summed E-state index contributed by atoms with van der Waals surface area (Å²) in [5.74, 6) is 0. The summed E-state index contributed by atoms with van der Waals surface area (Å²) in [5, 5.41) is 4.28. The zero-order chi connectivity index (χ0) is 16.8. The van der Waals surface area contributed by atoms with Crippen LogP contribution >= 0.6 is 0 Å². The molecule has 0 bridgehead atoms. The minimum absolute atomic E-state index is 0.106. The van der Waals surface area contributed by atoms with Crippen LogP contribution in [-0.4, -0.2) is 49.3 Å². The number of hydrogen-bond acceptors (Lipinski definition) is 5. The molecule has 0 N–H and O–H groups in total. The first-order chi connectivity index (χ1) is 11.7. The summed E-state index contributed by atoms with van der Waals surface area (Å²) in [7, 11) is 1.97. The van der Waals surface area contributed by atoms with E-state index in [0.29, 0.717) is 26.4 Å². The van der Waals surface area contributed by atoms with Crippen molar-refractivity contribution in [2.24, 2.45) is 0 Å². The number of hydrogen-bond donors (Lipinski definition) is 0. The van der Waals surface area contributed by atoms with Crippen LogP contribution < -0.4 is 10.5 Å². The maximum atomic E-state index is 12.3. The molecule has 6 heteroatoms. The van der Waals surface area contributed by atoms with E-state index in [1.807, 2.05) is 30.1 Å². The first kappa shape index (κ1) is 16.7. The average molecular weight is 329 g/mol. The van der Waals surface area contributed by atoms with E-state index in [9.17, 15) is 4.79 Å². The lowest BCUT2D eigenvalue weighted by molar-refractivity contribution is -0.0950. The summed E-state index contributed by atoms with van der Waals surface area (Å²) < 4.78 is 12.4. The third-order valence-electron chi connectivity index (χ3n) is 4.14. The average Bonchev–Trinajstić information content (AvgIpc) is 2.63. The van der Waals surface area contributed by atoms with Crippen LogP contribution in [-0.2, 0) is 22.4 Å². The van der Waals surface area contributed by atoms with Crippen LogP contribution in [0.2, 0.25) is 0 Å². The Balaban J connectivity index is 1.59. The Kier molecular flexibility index (Phi) is 5.61. The smallest absolute Gasteiger partial charge is 0.268 e. The second kappa shape index (κ2) is 8.08. The van der Waals surface area contributed by atoms with Crippen LogP contribution in [0.25, 0.3) is 0 Å². The quantitative estimate of drug-likeness (QED) is 0.800. The Bertz CT molecular complexity index is 696. The van der Waals surface area contributed by atoms with Gasteiger partial charge in [0.15, 0.2) is 0 Å². The maximum Gasteiger partial charge on any atom is 0.268 e. The molecule has 0 radical (unpaired) electrons. The largest absolute Gasteiger partial charge is 0.376 e. The van der Waals surface area contributed by atoms with Crippen molar-refractivity contribution < 1.29 is 9.47 Å². The van der Waals surface area contributed by atoms with Gasteiger partial charge in [0, 0.05) is 19.7 Å². The number of nitrogens with zero attached hydrogens (tertiary/aromatic N) is 3. The fraction of sp³-hybridized carbons (Fsp3) is 0.444. The van der Waals surface area contributed by atoms with E-state index in [1.165, 1.54) is 10.2 Å². The number of anilines is 1. The molecule has 1 fully saturated rings. The molecule has 0 saturated carbocycles. The van der Waals surface area contributed by atoms with E-state index >= 15 is 0 Å². The van der Waals surface area contributed by atoms with Gasteiger partial charge in [0.1, 0.15) is 6.10 Å². The second-order valence-corrected chi connectivity index (χ2v) is 5.96. The van der Waals surface area contributed by atoms with Gasteiger partial charge in [-0.3, -0.25) is 4.79 Å². The van der Waals surface area contributed by atoms with E-state index in [0.717, 1.165) is 18.7 Å². The highest BCUT2D eigenvalue weighted by Crippen LogP contribution is 2.10. The van der Waals surface area contributed by atoms with Crippen LogP contribution in [0, 0.1) is 0 Å². The number of likely N-dealkylation sites (N-methyl/N-ethyl adjacent to an activating group) is 1. The first-order valence-corrected chi connectivity index (χ1v) is 8.24. The highest BCUT2D eigenvalue weighted by atomic mass is 16.6. The van der Waals surface area contributed by atoms with E-state index in [4.69, 9.17) is 9.47 Å². The van der Waals surface area contributed by atoms with Crippen LogP contribution in [0.1, 0.15) is 5.56 Å². The third-order valence-corrected chi connectivity index (χ3v) is 4.14. The van der Waals surface area contributed by atoms with Crippen molar-refractivity contribution in [3.05, 3.63) is 58.5 Å². The molecule has 3 rings (SSSR count). The summed E-state index contributed by atoms with van der Waals surface area (Å²) in [4.78, 5) is 14.3. The number of rotatable bonds is 6. The van der Waals surface area contributed by atoms with Gasteiger partial charge in [-0.25, -0.2) is 4.68 Å². The standard InChI is InChI=1S/C18H23N3O3/c1-20(8-7-15-5-3-2-4-6-15)16-11-18(22)21(19-12-16)13-17-14-23-9-10-24-17/h2-6,11-12,17H,7-10,13-14H2,1H3/t17-/m0/s1. The Morgan fingerprint density at radius 1 is 1.29 bits per heavy atom. The Hall–Kier alpha value is -2.18. The molecule has 128 valence electrons. The lowest BCUT2D eigenvalue weighted by Gasteiger charge is -2.23. The summed E-state index contributed by atoms with van der Waals surface area (Å²) in [6, 6.07) is 11.9. The van der Waals surface area contributed by atoms with Crippen molar-refractivity contribution in [2.45, 2.75) is 19.1 Å². The van der Waals surface area contributed by atoms with Crippen molar-refractivity contribution in [3.63, 3.8) is 0 Å². The van der Waals surface area contributed by atoms with Gasteiger partial charge in [-0.05, 0) is 12.0 Å². The monoisotopic (exact) mass is 329 g/mol. The summed E-state index contributed by atoms with van der Waals surface area (Å²) >= 11 is 0. The minimum atomic E-state index is -0.117. The van der Waals surface area contributed by atoms with Crippen LogP contribution in [0.4, 0.5) is 5.69 Å². The molecule has 1 aliphatic rings. The molecule has 2 aromatic rings. The molecular formula is C18H23N3O3. The van der Waals surface area contributed by atoms with Gasteiger partial charge in [-0.15, -0.1) is 0 Å². The Morgan fingerprint density at radius 3 is 2.83 bits per heavy atom. The van der Waals surface area contributed by atoms with Crippen LogP contribution in [0.15, 0.2) is 47.4 Å². The molecule has 1 saturated heterocycles. The third kappa shape index (κ3) is 4.43. The summed E-state index contributed by atoms with van der Waals surface area (Å²) in [6.07, 6.45) is 2.55. The summed E-state index contributed by atoms with van der Waals surface area (Å²) in [6.45, 7) is 2.94. The fourth-order valence-electron chi connectivity index (χ4n) is 2.68. The number of benzene rings is 1. The van der Waals surface area contributed by atoms with Crippen molar-refractivity contribution in [3.8, 4) is 0 Å². The molecule has 1 aliphatic heterocycles. The van der Waals surface area contributed by atoms with Gasteiger partial charge >= 0.3 is 0 Å². The molecule has 1 aromatic carbocycles. The molecule has 24 heavy (non-hydrogen) atoms. The number of ether oxygens (including phenoxy) is 2. The predicted octanol–water partition coefficient (Wildman–Crippen LogP) is 1.34. The molecule has 0 spiro atoms.